The largest absolute Gasteiger partial charge is 0.387 e. The minimum atomic E-state index is -0.571. The molecule has 3 nitrogen and oxygen atoms in total. The van der Waals surface area contributed by atoms with Crippen LogP contribution in [0, 0.1) is 20.8 Å². The van der Waals surface area contributed by atoms with Crippen LogP contribution in [-0.4, -0.2) is 14.5 Å². The number of benzene rings is 1. The second-order valence-corrected chi connectivity index (χ2v) is 5.77. The Morgan fingerprint density at radius 1 is 1.05 bits per heavy atom. The van der Waals surface area contributed by atoms with E-state index in [0.29, 0.717) is 0 Å². The molecule has 0 aliphatic carbocycles. The maximum absolute atomic E-state index is 10.2. The van der Waals surface area contributed by atoms with Gasteiger partial charge in [0.1, 0.15) is 5.65 Å². The number of nitrogens with zero attached hydrogens (tertiary/aromatic N) is 2. The van der Waals surface area contributed by atoms with E-state index >= 15 is 0 Å². The van der Waals surface area contributed by atoms with Crippen molar-refractivity contribution in [3.63, 3.8) is 0 Å². The Bertz CT molecular complexity index is 815. The van der Waals surface area contributed by atoms with Crippen LogP contribution in [0.15, 0.2) is 36.5 Å². The molecule has 1 atom stereocenters. The van der Waals surface area contributed by atoms with E-state index in [2.05, 4.69) is 32.0 Å². The maximum Gasteiger partial charge on any atom is 0.138 e. The van der Waals surface area contributed by atoms with Gasteiger partial charge in [-0.25, -0.2) is 4.98 Å². The van der Waals surface area contributed by atoms with Gasteiger partial charge in [-0.3, -0.25) is 0 Å². The molecular formula is C18H20N2O. The van der Waals surface area contributed by atoms with Gasteiger partial charge in [0.2, 0.25) is 0 Å². The Balaban J connectivity index is 2.33. The lowest BCUT2D eigenvalue weighted by molar-refractivity contribution is 0.194. The average Bonchev–Trinajstić information content (AvgIpc) is 2.76. The van der Waals surface area contributed by atoms with Crippen molar-refractivity contribution >= 4 is 5.65 Å². The summed E-state index contributed by atoms with van der Waals surface area (Å²) in [6.07, 6.45) is 1.41. The monoisotopic (exact) mass is 280 g/mol. The third-order valence-electron chi connectivity index (χ3n) is 3.85. The van der Waals surface area contributed by atoms with Gasteiger partial charge in [-0.2, -0.15) is 0 Å². The summed E-state index contributed by atoms with van der Waals surface area (Å²) < 4.78 is 1.98. The van der Waals surface area contributed by atoms with Crippen molar-refractivity contribution in [2.75, 3.05) is 0 Å². The first-order valence-corrected chi connectivity index (χ1v) is 7.21. The lowest BCUT2D eigenvalue weighted by Crippen LogP contribution is -2.00. The van der Waals surface area contributed by atoms with Gasteiger partial charge in [-0.1, -0.05) is 23.8 Å². The lowest BCUT2D eigenvalue weighted by Gasteiger charge is -2.10. The normalized spacial score (nSPS) is 12.8. The molecule has 0 amide bonds. The van der Waals surface area contributed by atoms with Crippen molar-refractivity contribution in [2.45, 2.75) is 33.8 Å². The van der Waals surface area contributed by atoms with E-state index in [0.717, 1.165) is 28.2 Å². The lowest BCUT2D eigenvalue weighted by atomic mass is 10.0. The average molecular weight is 280 g/mol. The van der Waals surface area contributed by atoms with Crippen LogP contribution in [0.5, 0.6) is 0 Å². The Hall–Kier alpha value is -2.13. The van der Waals surface area contributed by atoms with Gasteiger partial charge in [0.25, 0.3) is 0 Å². The third-order valence-corrected chi connectivity index (χ3v) is 3.85. The standard InChI is InChI=1S/C18H20N2O/c1-11-5-6-15(13(3)9-11)17-18(14(4)21)20-8-7-12(2)10-16(20)19-17/h5-10,14,21H,1-4H3. The highest BCUT2D eigenvalue weighted by molar-refractivity contribution is 5.70. The molecule has 0 saturated carbocycles. The Kier molecular flexibility index (Phi) is 3.30. The zero-order chi connectivity index (χ0) is 15.1. The second kappa shape index (κ2) is 5.01. The van der Waals surface area contributed by atoms with E-state index in [1.165, 1.54) is 11.1 Å². The highest BCUT2D eigenvalue weighted by atomic mass is 16.3. The molecule has 0 spiro atoms. The van der Waals surface area contributed by atoms with Crippen LogP contribution in [0.1, 0.15) is 35.4 Å². The fourth-order valence-electron chi connectivity index (χ4n) is 2.84. The zero-order valence-electron chi connectivity index (χ0n) is 12.9. The number of aliphatic hydroxyl groups is 1. The van der Waals surface area contributed by atoms with Crippen molar-refractivity contribution in [1.29, 1.82) is 0 Å². The maximum atomic E-state index is 10.2. The van der Waals surface area contributed by atoms with Gasteiger partial charge in [0, 0.05) is 11.8 Å². The summed E-state index contributed by atoms with van der Waals surface area (Å²) in [5.74, 6) is 0. The van der Waals surface area contributed by atoms with Crippen molar-refractivity contribution < 1.29 is 5.11 Å². The van der Waals surface area contributed by atoms with Crippen molar-refractivity contribution in [3.05, 3.63) is 58.9 Å². The summed E-state index contributed by atoms with van der Waals surface area (Å²) in [5, 5.41) is 10.2. The smallest absolute Gasteiger partial charge is 0.138 e. The molecule has 3 aromatic rings. The molecule has 2 aromatic heterocycles. The first-order chi connectivity index (χ1) is 9.97. The first kappa shape index (κ1) is 13.8. The molecule has 0 aliphatic heterocycles. The summed E-state index contributed by atoms with van der Waals surface area (Å²) in [6.45, 7) is 8.01. The van der Waals surface area contributed by atoms with E-state index in [1.807, 2.05) is 29.7 Å². The molecule has 1 N–H and O–H groups in total. The Morgan fingerprint density at radius 3 is 2.43 bits per heavy atom. The van der Waals surface area contributed by atoms with Crippen LogP contribution in [0.2, 0.25) is 0 Å². The van der Waals surface area contributed by atoms with Gasteiger partial charge in [-0.15, -0.1) is 0 Å². The first-order valence-electron chi connectivity index (χ1n) is 7.21. The summed E-state index contributed by atoms with van der Waals surface area (Å²) in [6, 6.07) is 10.4. The highest BCUT2D eigenvalue weighted by Gasteiger charge is 2.19. The molecule has 0 radical (unpaired) electrons. The van der Waals surface area contributed by atoms with Gasteiger partial charge in [0.15, 0.2) is 0 Å². The zero-order valence-corrected chi connectivity index (χ0v) is 12.9. The number of fused-ring (bicyclic) bond motifs is 1. The Morgan fingerprint density at radius 2 is 1.76 bits per heavy atom. The van der Waals surface area contributed by atoms with Crippen molar-refractivity contribution in [1.82, 2.24) is 9.38 Å². The molecule has 2 heterocycles. The number of hydrogen-bond acceptors (Lipinski definition) is 2. The predicted octanol–water partition coefficient (Wildman–Crippen LogP) is 3.98. The SMILES string of the molecule is Cc1ccc(-c2nc3cc(C)ccn3c2C(C)O)c(C)c1. The minimum absolute atomic E-state index is 0.571. The molecular weight excluding hydrogens is 260 g/mol. The molecule has 0 fully saturated rings. The molecule has 1 unspecified atom stereocenters. The van der Waals surface area contributed by atoms with Crippen molar-refractivity contribution in [3.8, 4) is 11.3 Å². The van der Waals surface area contributed by atoms with Gasteiger partial charge < -0.3 is 9.51 Å². The number of aliphatic hydroxyl groups excluding tert-OH is 1. The summed E-state index contributed by atoms with van der Waals surface area (Å²) in [4.78, 5) is 4.76. The van der Waals surface area contributed by atoms with Crippen LogP contribution in [0.25, 0.3) is 16.9 Å². The van der Waals surface area contributed by atoms with Crippen LogP contribution in [0.4, 0.5) is 0 Å². The van der Waals surface area contributed by atoms with E-state index in [4.69, 9.17) is 4.98 Å². The van der Waals surface area contributed by atoms with Gasteiger partial charge >= 0.3 is 0 Å². The number of aryl methyl sites for hydroxylation is 3. The molecule has 1 aromatic carbocycles. The van der Waals surface area contributed by atoms with Gasteiger partial charge in [0.05, 0.1) is 17.5 Å². The van der Waals surface area contributed by atoms with Crippen LogP contribution in [-0.2, 0) is 0 Å². The van der Waals surface area contributed by atoms with Crippen molar-refractivity contribution in [2.24, 2.45) is 0 Å². The quantitative estimate of drug-likeness (QED) is 0.771. The number of rotatable bonds is 2. The summed E-state index contributed by atoms with van der Waals surface area (Å²) in [5.41, 5.74) is 7.24. The predicted molar refractivity (Wildman–Crippen MR) is 85.5 cm³/mol. The molecule has 3 rings (SSSR count). The number of hydrogen-bond donors (Lipinski definition) is 1. The van der Waals surface area contributed by atoms with E-state index in [-0.39, 0.29) is 0 Å². The topological polar surface area (TPSA) is 37.5 Å². The fraction of sp³-hybridized carbons (Fsp3) is 0.278. The Labute approximate surface area is 124 Å². The van der Waals surface area contributed by atoms with Crippen LogP contribution in [0.3, 0.4) is 0 Å². The molecule has 0 bridgehead atoms. The number of pyridine rings is 1. The van der Waals surface area contributed by atoms with Gasteiger partial charge in [-0.05, 0) is 51.0 Å². The number of imidazole rings is 1. The van der Waals surface area contributed by atoms with E-state index < -0.39 is 6.10 Å². The van der Waals surface area contributed by atoms with E-state index in [1.54, 1.807) is 6.92 Å². The molecule has 108 valence electrons. The van der Waals surface area contributed by atoms with Crippen LogP contribution < -0.4 is 0 Å². The fourth-order valence-corrected chi connectivity index (χ4v) is 2.84. The molecule has 21 heavy (non-hydrogen) atoms. The molecule has 0 saturated heterocycles. The number of aromatic nitrogens is 2. The van der Waals surface area contributed by atoms with E-state index in [9.17, 15) is 5.11 Å². The minimum Gasteiger partial charge on any atom is -0.387 e. The summed E-state index contributed by atoms with van der Waals surface area (Å²) in [7, 11) is 0. The summed E-state index contributed by atoms with van der Waals surface area (Å²) >= 11 is 0. The second-order valence-electron chi connectivity index (χ2n) is 5.77. The molecule has 3 heteroatoms. The third kappa shape index (κ3) is 2.34. The van der Waals surface area contributed by atoms with Crippen LogP contribution >= 0.6 is 0 Å². The highest BCUT2D eigenvalue weighted by Crippen LogP contribution is 2.31. The molecule has 0 aliphatic rings.